The van der Waals surface area contributed by atoms with Gasteiger partial charge >= 0.3 is 0 Å². The van der Waals surface area contributed by atoms with Crippen molar-refractivity contribution >= 4 is 0 Å². The first-order valence-corrected chi connectivity index (χ1v) is 6.11. The Labute approximate surface area is 106 Å². The van der Waals surface area contributed by atoms with Crippen LogP contribution in [0.5, 0.6) is 5.75 Å². The number of rotatable bonds is 6. The van der Waals surface area contributed by atoms with E-state index in [1.165, 1.54) is 6.39 Å². The van der Waals surface area contributed by atoms with Crippen LogP contribution >= 0.6 is 0 Å². The fourth-order valence-electron chi connectivity index (χ4n) is 1.65. The fraction of sp³-hybridized carbons (Fsp3) is 0.357. The number of hydrogen-bond acceptors (Lipinski definition) is 4. The summed E-state index contributed by atoms with van der Waals surface area (Å²) in [5.41, 5.74) is 1.44. The third kappa shape index (κ3) is 2.90. The number of hydrogen-bond donors (Lipinski definition) is 1. The van der Waals surface area contributed by atoms with Gasteiger partial charge in [0.2, 0.25) is 0 Å². The monoisotopic (exact) mass is 247 g/mol. The third-order valence-electron chi connectivity index (χ3n) is 2.67. The van der Waals surface area contributed by atoms with E-state index < -0.39 is 0 Å². The van der Waals surface area contributed by atoms with Crippen LogP contribution in [0.3, 0.4) is 0 Å². The van der Waals surface area contributed by atoms with Crippen molar-refractivity contribution in [3.63, 3.8) is 0 Å². The van der Waals surface area contributed by atoms with E-state index in [0.29, 0.717) is 11.5 Å². The molecule has 0 saturated heterocycles. The first-order chi connectivity index (χ1) is 8.85. The first-order valence-electron chi connectivity index (χ1n) is 6.11. The Balaban J connectivity index is 2.07. The summed E-state index contributed by atoms with van der Waals surface area (Å²) in [7, 11) is 0. The maximum absolute atomic E-state index is 9.12. The van der Waals surface area contributed by atoms with Crippen LogP contribution in [-0.4, -0.2) is 16.7 Å². The van der Waals surface area contributed by atoms with Gasteiger partial charge in [0.1, 0.15) is 11.4 Å². The predicted octanol–water partition coefficient (Wildman–Crippen LogP) is 3.01. The van der Waals surface area contributed by atoms with Crippen molar-refractivity contribution in [3.05, 3.63) is 36.4 Å². The normalized spacial score (nSPS) is 10.6. The van der Waals surface area contributed by atoms with Gasteiger partial charge in [-0.05, 0) is 30.7 Å². The zero-order valence-corrected chi connectivity index (χ0v) is 10.4. The Morgan fingerprint density at radius 2 is 2.06 bits per heavy atom. The number of benzene rings is 1. The molecule has 0 bridgehead atoms. The molecule has 18 heavy (non-hydrogen) atoms. The lowest BCUT2D eigenvalue weighted by molar-refractivity contribution is 0.277. The van der Waals surface area contributed by atoms with Crippen LogP contribution in [0.4, 0.5) is 0 Å². The minimum atomic E-state index is -0.124. The molecule has 4 nitrogen and oxygen atoms in total. The topological polar surface area (TPSA) is 55.5 Å². The van der Waals surface area contributed by atoms with Crippen molar-refractivity contribution in [3.8, 4) is 17.1 Å². The molecule has 2 rings (SSSR count). The molecule has 2 aromatic rings. The molecule has 0 unspecified atom stereocenters. The highest BCUT2D eigenvalue weighted by Crippen LogP contribution is 2.25. The van der Waals surface area contributed by atoms with E-state index >= 15 is 0 Å². The summed E-state index contributed by atoms with van der Waals surface area (Å²) in [6.45, 7) is 2.74. The Bertz CT molecular complexity index is 476. The van der Waals surface area contributed by atoms with Crippen LogP contribution in [-0.2, 0) is 6.61 Å². The largest absolute Gasteiger partial charge is 0.494 e. The summed E-state index contributed by atoms with van der Waals surface area (Å²) in [4.78, 5) is 3.95. The van der Waals surface area contributed by atoms with Gasteiger partial charge in [-0.2, -0.15) is 0 Å². The van der Waals surface area contributed by atoms with Crippen LogP contribution in [0, 0.1) is 0 Å². The molecule has 1 N–H and O–H groups in total. The van der Waals surface area contributed by atoms with Crippen LogP contribution in [0.25, 0.3) is 11.3 Å². The molecule has 0 atom stereocenters. The van der Waals surface area contributed by atoms with E-state index in [1.54, 1.807) is 0 Å². The highest BCUT2D eigenvalue weighted by molar-refractivity contribution is 5.60. The highest BCUT2D eigenvalue weighted by Gasteiger charge is 2.09. The van der Waals surface area contributed by atoms with Gasteiger partial charge in [0.15, 0.2) is 12.2 Å². The predicted molar refractivity (Wildman–Crippen MR) is 68.3 cm³/mol. The summed E-state index contributed by atoms with van der Waals surface area (Å²) in [5, 5.41) is 9.12. The van der Waals surface area contributed by atoms with Gasteiger partial charge in [-0.15, -0.1) is 0 Å². The summed E-state index contributed by atoms with van der Waals surface area (Å²) in [5.74, 6) is 1.45. The van der Waals surface area contributed by atoms with E-state index in [-0.39, 0.29) is 6.61 Å². The Morgan fingerprint density at radius 3 is 2.72 bits per heavy atom. The lowest BCUT2D eigenvalue weighted by atomic mass is 10.1. The number of aliphatic hydroxyl groups is 1. The number of ether oxygens (including phenoxy) is 1. The minimum absolute atomic E-state index is 0.124. The second-order valence-corrected chi connectivity index (χ2v) is 4.01. The average molecular weight is 247 g/mol. The van der Waals surface area contributed by atoms with Crippen LogP contribution in [0.1, 0.15) is 25.5 Å². The molecule has 96 valence electrons. The molecule has 0 spiro atoms. The average Bonchev–Trinajstić information content (AvgIpc) is 2.88. The smallest absolute Gasteiger partial charge is 0.181 e. The van der Waals surface area contributed by atoms with Crippen molar-refractivity contribution in [2.45, 2.75) is 26.4 Å². The molecule has 0 radical (unpaired) electrons. The number of aliphatic hydroxyl groups excluding tert-OH is 1. The van der Waals surface area contributed by atoms with E-state index in [4.69, 9.17) is 14.3 Å². The zero-order chi connectivity index (χ0) is 12.8. The van der Waals surface area contributed by atoms with Crippen molar-refractivity contribution in [1.29, 1.82) is 0 Å². The molecule has 0 aliphatic heterocycles. The second kappa shape index (κ2) is 6.21. The van der Waals surface area contributed by atoms with Crippen LogP contribution in [0.2, 0.25) is 0 Å². The van der Waals surface area contributed by atoms with Gasteiger partial charge < -0.3 is 14.3 Å². The second-order valence-electron chi connectivity index (χ2n) is 4.01. The van der Waals surface area contributed by atoms with E-state index in [1.807, 2.05) is 24.3 Å². The van der Waals surface area contributed by atoms with Gasteiger partial charge in [0.05, 0.1) is 13.2 Å². The quantitative estimate of drug-likeness (QED) is 0.797. The Kier molecular flexibility index (Phi) is 4.36. The summed E-state index contributed by atoms with van der Waals surface area (Å²) in [6, 6.07) is 7.60. The molecular weight excluding hydrogens is 230 g/mol. The molecule has 1 aromatic carbocycles. The lowest BCUT2D eigenvalue weighted by Gasteiger charge is -2.05. The van der Waals surface area contributed by atoms with E-state index in [0.717, 1.165) is 30.8 Å². The molecule has 4 heteroatoms. The van der Waals surface area contributed by atoms with Gasteiger partial charge in [0.25, 0.3) is 0 Å². The molecule has 0 aliphatic rings. The number of nitrogens with zero attached hydrogens (tertiary/aromatic N) is 1. The van der Waals surface area contributed by atoms with Gasteiger partial charge in [-0.3, -0.25) is 0 Å². The molecule has 1 heterocycles. The maximum atomic E-state index is 9.12. The molecular formula is C14H17NO3. The maximum Gasteiger partial charge on any atom is 0.181 e. The first kappa shape index (κ1) is 12.6. The van der Waals surface area contributed by atoms with Crippen molar-refractivity contribution in [2.75, 3.05) is 6.61 Å². The third-order valence-corrected chi connectivity index (χ3v) is 2.67. The van der Waals surface area contributed by atoms with Gasteiger partial charge in [0, 0.05) is 5.56 Å². The molecule has 0 amide bonds. The van der Waals surface area contributed by atoms with E-state index in [9.17, 15) is 0 Å². The standard InChI is InChI=1S/C14H17NO3/c1-2-3-8-17-12-6-4-11(5-7-12)14-13(9-16)15-10-18-14/h4-7,10,16H,2-3,8-9H2,1H3. The van der Waals surface area contributed by atoms with Crippen molar-refractivity contribution in [2.24, 2.45) is 0 Å². The van der Waals surface area contributed by atoms with E-state index in [2.05, 4.69) is 11.9 Å². The lowest BCUT2D eigenvalue weighted by Crippen LogP contribution is -1.96. The zero-order valence-electron chi connectivity index (χ0n) is 10.4. The fourth-order valence-corrected chi connectivity index (χ4v) is 1.65. The molecule has 0 fully saturated rings. The summed E-state index contributed by atoms with van der Waals surface area (Å²) < 4.78 is 10.8. The summed E-state index contributed by atoms with van der Waals surface area (Å²) >= 11 is 0. The van der Waals surface area contributed by atoms with Crippen LogP contribution < -0.4 is 4.74 Å². The molecule has 0 aliphatic carbocycles. The Morgan fingerprint density at radius 1 is 1.28 bits per heavy atom. The van der Waals surface area contributed by atoms with Crippen molar-refractivity contribution < 1.29 is 14.3 Å². The molecule has 1 aromatic heterocycles. The number of aromatic nitrogens is 1. The number of oxazole rings is 1. The van der Waals surface area contributed by atoms with Gasteiger partial charge in [-0.1, -0.05) is 13.3 Å². The Hall–Kier alpha value is -1.81. The van der Waals surface area contributed by atoms with Gasteiger partial charge in [-0.25, -0.2) is 4.98 Å². The van der Waals surface area contributed by atoms with Crippen molar-refractivity contribution in [1.82, 2.24) is 4.98 Å². The summed E-state index contributed by atoms with van der Waals surface area (Å²) in [6.07, 6.45) is 3.51. The minimum Gasteiger partial charge on any atom is -0.494 e. The van der Waals surface area contributed by atoms with Crippen LogP contribution in [0.15, 0.2) is 35.1 Å². The number of unbranched alkanes of at least 4 members (excludes halogenated alkanes) is 1. The molecule has 0 saturated carbocycles. The SMILES string of the molecule is CCCCOc1ccc(-c2ocnc2CO)cc1. The highest BCUT2D eigenvalue weighted by atomic mass is 16.5.